The first-order valence-electron chi connectivity index (χ1n) is 11.8. The molecular formula is C28H26N4O5. The number of aromatic nitrogens is 2. The normalized spacial score (nSPS) is 11.5. The van der Waals surface area contributed by atoms with Gasteiger partial charge in [-0.25, -0.2) is 4.98 Å². The summed E-state index contributed by atoms with van der Waals surface area (Å²) in [7, 11) is 0. The predicted molar refractivity (Wildman–Crippen MR) is 139 cm³/mol. The summed E-state index contributed by atoms with van der Waals surface area (Å²) in [6, 6.07) is 22.8. The third-order valence-corrected chi connectivity index (χ3v) is 5.75. The van der Waals surface area contributed by atoms with Gasteiger partial charge in [0.1, 0.15) is 0 Å². The number of fused-ring (bicyclic) bond motifs is 1. The van der Waals surface area contributed by atoms with Gasteiger partial charge in [0.15, 0.2) is 6.61 Å². The van der Waals surface area contributed by atoms with Crippen molar-refractivity contribution < 1.29 is 19.1 Å². The lowest BCUT2D eigenvalue weighted by Gasteiger charge is -2.16. The van der Waals surface area contributed by atoms with Crippen molar-refractivity contribution in [2.45, 2.75) is 25.9 Å². The van der Waals surface area contributed by atoms with Crippen LogP contribution in [0.15, 0.2) is 90.0 Å². The van der Waals surface area contributed by atoms with Crippen LogP contribution in [0.25, 0.3) is 10.9 Å². The zero-order valence-electron chi connectivity index (χ0n) is 20.2. The summed E-state index contributed by atoms with van der Waals surface area (Å²) in [6.07, 6.45) is 1.27. The number of hydrogen-bond donors (Lipinski definition) is 2. The van der Waals surface area contributed by atoms with E-state index in [-0.39, 0.29) is 36.0 Å². The van der Waals surface area contributed by atoms with Gasteiger partial charge in [-0.1, -0.05) is 54.6 Å². The predicted octanol–water partition coefficient (Wildman–Crippen LogP) is 3.46. The van der Waals surface area contributed by atoms with Crippen molar-refractivity contribution in [3.8, 4) is 0 Å². The Balaban J connectivity index is 1.30. The highest BCUT2D eigenvalue weighted by molar-refractivity contribution is 6.04. The van der Waals surface area contributed by atoms with Crippen molar-refractivity contribution in [2.24, 2.45) is 0 Å². The van der Waals surface area contributed by atoms with Crippen LogP contribution in [0.3, 0.4) is 0 Å². The van der Waals surface area contributed by atoms with Gasteiger partial charge in [0, 0.05) is 6.54 Å². The summed E-state index contributed by atoms with van der Waals surface area (Å²) >= 11 is 0. The summed E-state index contributed by atoms with van der Waals surface area (Å²) in [5.41, 5.74) is 1.85. The van der Waals surface area contributed by atoms with Gasteiger partial charge in [-0.15, -0.1) is 0 Å². The molecule has 1 unspecified atom stereocenters. The number of carbonyl (C=O) groups excluding carboxylic acids is 3. The summed E-state index contributed by atoms with van der Waals surface area (Å²) < 4.78 is 6.39. The third kappa shape index (κ3) is 6.46. The molecular weight excluding hydrogens is 472 g/mol. The van der Waals surface area contributed by atoms with E-state index >= 15 is 0 Å². The Morgan fingerprint density at radius 3 is 2.46 bits per heavy atom. The molecule has 0 fully saturated rings. The summed E-state index contributed by atoms with van der Waals surface area (Å²) in [5, 5.41) is 5.99. The van der Waals surface area contributed by atoms with E-state index in [0.29, 0.717) is 16.6 Å². The molecule has 0 spiro atoms. The highest BCUT2D eigenvalue weighted by Crippen LogP contribution is 2.18. The monoisotopic (exact) mass is 498 g/mol. The maximum atomic E-state index is 12.8. The van der Waals surface area contributed by atoms with Gasteiger partial charge in [-0.3, -0.25) is 23.7 Å². The van der Waals surface area contributed by atoms with E-state index < -0.39 is 18.5 Å². The lowest BCUT2D eigenvalue weighted by Crippen LogP contribution is -2.28. The Morgan fingerprint density at radius 2 is 1.65 bits per heavy atom. The maximum absolute atomic E-state index is 12.8. The number of ether oxygens (including phenoxy) is 1. The number of aryl methyl sites for hydroxylation is 1. The minimum absolute atomic E-state index is 0.0692. The molecule has 2 amide bonds. The molecule has 0 bridgehead atoms. The second-order valence-electron chi connectivity index (χ2n) is 8.37. The molecule has 0 saturated heterocycles. The second-order valence-corrected chi connectivity index (χ2v) is 8.37. The Kier molecular flexibility index (Phi) is 8.05. The smallest absolute Gasteiger partial charge is 0.308 e. The van der Waals surface area contributed by atoms with E-state index in [1.807, 2.05) is 37.3 Å². The first kappa shape index (κ1) is 25.3. The lowest BCUT2D eigenvalue weighted by molar-refractivity contribution is -0.147. The van der Waals surface area contributed by atoms with E-state index in [1.54, 1.807) is 48.5 Å². The Labute approximate surface area is 213 Å². The van der Waals surface area contributed by atoms with Gasteiger partial charge < -0.3 is 15.4 Å². The number of nitrogens with zero attached hydrogens (tertiary/aromatic N) is 2. The number of anilines is 1. The van der Waals surface area contributed by atoms with Crippen LogP contribution in [-0.4, -0.2) is 33.9 Å². The topological polar surface area (TPSA) is 119 Å². The van der Waals surface area contributed by atoms with E-state index in [1.165, 1.54) is 10.9 Å². The molecule has 0 aliphatic heterocycles. The molecule has 188 valence electrons. The Hall–Kier alpha value is -4.79. The molecule has 1 aromatic heterocycles. The Morgan fingerprint density at radius 1 is 0.946 bits per heavy atom. The van der Waals surface area contributed by atoms with Crippen LogP contribution in [0.2, 0.25) is 0 Å². The van der Waals surface area contributed by atoms with Gasteiger partial charge in [0.2, 0.25) is 0 Å². The molecule has 9 heteroatoms. The van der Waals surface area contributed by atoms with Gasteiger partial charge in [-0.05, 0) is 36.8 Å². The van der Waals surface area contributed by atoms with Crippen LogP contribution in [0.4, 0.5) is 5.69 Å². The van der Waals surface area contributed by atoms with Gasteiger partial charge in [0.25, 0.3) is 17.4 Å². The first-order chi connectivity index (χ1) is 17.9. The van der Waals surface area contributed by atoms with E-state index in [0.717, 1.165) is 5.56 Å². The van der Waals surface area contributed by atoms with Crippen LogP contribution in [0.1, 0.15) is 35.3 Å². The van der Waals surface area contributed by atoms with E-state index in [2.05, 4.69) is 15.6 Å². The summed E-state index contributed by atoms with van der Waals surface area (Å²) in [6.45, 7) is 1.41. The number of para-hydroxylation sites is 2. The number of rotatable bonds is 9. The van der Waals surface area contributed by atoms with Crippen molar-refractivity contribution in [3.05, 3.63) is 107 Å². The average Bonchev–Trinajstić information content (AvgIpc) is 2.92. The standard InChI is InChI=1S/C28H26N4O5/c1-19(20-9-3-2-4-10-20)30-27(35)21-11-5-8-14-24(21)31-25(33)17-37-26(34)15-16-32-18-29-23-13-7-6-12-22(23)28(32)36/h2-14,18-19H,15-17H2,1H3,(H,30,35)(H,31,33). The van der Waals surface area contributed by atoms with Crippen molar-refractivity contribution in [1.82, 2.24) is 14.9 Å². The van der Waals surface area contributed by atoms with Crippen LogP contribution in [0, 0.1) is 0 Å². The lowest BCUT2D eigenvalue weighted by atomic mass is 10.1. The number of hydrogen-bond acceptors (Lipinski definition) is 6. The van der Waals surface area contributed by atoms with Gasteiger partial charge in [0.05, 0.1) is 40.9 Å². The summed E-state index contributed by atoms with van der Waals surface area (Å²) in [5.74, 6) is -1.58. The van der Waals surface area contributed by atoms with E-state index in [4.69, 9.17) is 4.74 Å². The van der Waals surface area contributed by atoms with Crippen molar-refractivity contribution >= 4 is 34.4 Å². The number of esters is 1. The molecule has 4 aromatic rings. The second kappa shape index (κ2) is 11.8. The Bertz CT molecular complexity index is 1480. The molecule has 3 aromatic carbocycles. The minimum atomic E-state index is -0.641. The fourth-order valence-electron chi connectivity index (χ4n) is 3.77. The third-order valence-electron chi connectivity index (χ3n) is 5.75. The van der Waals surface area contributed by atoms with Crippen LogP contribution in [0.5, 0.6) is 0 Å². The number of carbonyl (C=O) groups is 3. The van der Waals surface area contributed by atoms with Crippen LogP contribution >= 0.6 is 0 Å². The largest absolute Gasteiger partial charge is 0.456 e. The van der Waals surface area contributed by atoms with Gasteiger partial charge in [-0.2, -0.15) is 0 Å². The number of nitrogens with one attached hydrogen (secondary N) is 2. The molecule has 9 nitrogen and oxygen atoms in total. The highest BCUT2D eigenvalue weighted by atomic mass is 16.5. The molecule has 2 N–H and O–H groups in total. The summed E-state index contributed by atoms with van der Waals surface area (Å²) in [4.78, 5) is 54.2. The molecule has 37 heavy (non-hydrogen) atoms. The molecule has 0 aliphatic rings. The SMILES string of the molecule is CC(NC(=O)c1ccccc1NC(=O)COC(=O)CCn1cnc2ccccc2c1=O)c1ccccc1. The fraction of sp³-hybridized carbons (Fsp3) is 0.179. The van der Waals surface area contributed by atoms with Crippen molar-refractivity contribution in [3.63, 3.8) is 0 Å². The highest BCUT2D eigenvalue weighted by Gasteiger charge is 2.17. The zero-order valence-corrected chi connectivity index (χ0v) is 20.2. The number of amides is 2. The fourth-order valence-corrected chi connectivity index (χ4v) is 3.77. The van der Waals surface area contributed by atoms with E-state index in [9.17, 15) is 19.2 Å². The number of benzene rings is 3. The first-order valence-corrected chi connectivity index (χ1v) is 11.8. The minimum Gasteiger partial charge on any atom is -0.456 e. The molecule has 1 atom stereocenters. The van der Waals surface area contributed by atoms with Crippen molar-refractivity contribution in [2.75, 3.05) is 11.9 Å². The zero-order chi connectivity index (χ0) is 26.2. The van der Waals surface area contributed by atoms with Crippen LogP contribution in [-0.2, 0) is 20.9 Å². The molecule has 4 rings (SSSR count). The molecule has 0 saturated carbocycles. The average molecular weight is 499 g/mol. The van der Waals surface area contributed by atoms with Crippen molar-refractivity contribution in [1.29, 1.82) is 0 Å². The quantitative estimate of drug-likeness (QED) is 0.341. The maximum Gasteiger partial charge on any atom is 0.308 e. The molecule has 0 radical (unpaired) electrons. The van der Waals surface area contributed by atoms with Gasteiger partial charge >= 0.3 is 5.97 Å². The molecule has 0 aliphatic carbocycles. The molecule has 1 heterocycles. The van der Waals surface area contributed by atoms with Crippen LogP contribution < -0.4 is 16.2 Å².